The van der Waals surface area contributed by atoms with Crippen LogP contribution in [0.5, 0.6) is 0 Å². The van der Waals surface area contributed by atoms with Crippen LogP contribution in [0.2, 0.25) is 0 Å². The molecule has 2 N–H and O–H groups in total. The maximum atomic E-state index is 12.6. The van der Waals surface area contributed by atoms with E-state index >= 15 is 0 Å². The van der Waals surface area contributed by atoms with Crippen LogP contribution in [0.1, 0.15) is 51.9 Å². The molecule has 4 aliphatic carbocycles. The molecule has 5 fully saturated rings. The molecule has 4 saturated carbocycles. The van der Waals surface area contributed by atoms with Crippen LogP contribution in [0, 0.1) is 29.6 Å². The van der Waals surface area contributed by atoms with E-state index in [9.17, 15) is 4.79 Å². The van der Waals surface area contributed by atoms with E-state index in [0.717, 1.165) is 43.1 Å². The van der Waals surface area contributed by atoms with Gasteiger partial charge in [-0.25, -0.2) is 0 Å². The fourth-order valence-corrected chi connectivity index (χ4v) is 5.81. The minimum Gasteiger partial charge on any atom is -0.353 e. The van der Waals surface area contributed by atoms with Gasteiger partial charge < -0.3 is 10.6 Å². The lowest BCUT2D eigenvalue weighted by Gasteiger charge is -2.54. The van der Waals surface area contributed by atoms with Crippen molar-refractivity contribution < 1.29 is 4.79 Å². The molecule has 2 atom stereocenters. The fourth-order valence-electron chi connectivity index (χ4n) is 5.81. The molecule has 5 aliphatic rings. The van der Waals surface area contributed by atoms with E-state index in [1.807, 2.05) is 0 Å². The van der Waals surface area contributed by atoms with Gasteiger partial charge in [-0.1, -0.05) is 0 Å². The van der Waals surface area contributed by atoms with Crippen molar-refractivity contribution in [2.75, 3.05) is 6.54 Å². The molecule has 1 amide bonds. The summed E-state index contributed by atoms with van der Waals surface area (Å²) >= 11 is 0. The Morgan fingerprint density at radius 3 is 2.25 bits per heavy atom. The van der Waals surface area contributed by atoms with Crippen LogP contribution in [0.25, 0.3) is 0 Å². The summed E-state index contributed by atoms with van der Waals surface area (Å²) in [4.78, 5) is 12.6. The molecule has 0 spiro atoms. The summed E-state index contributed by atoms with van der Waals surface area (Å²) < 4.78 is 0. The SMILES string of the molecule is CC1CC(C(=O)NC2C3CC4CC(C3)CC2C4)CCN1. The molecule has 4 bridgehead atoms. The highest BCUT2D eigenvalue weighted by Gasteiger charge is 2.48. The second-order valence-electron chi connectivity index (χ2n) is 8.04. The second kappa shape index (κ2) is 5.01. The van der Waals surface area contributed by atoms with E-state index in [4.69, 9.17) is 0 Å². The summed E-state index contributed by atoms with van der Waals surface area (Å²) in [5.41, 5.74) is 0. The lowest BCUT2D eigenvalue weighted by molar-refractivity contribution is -0.130. The van der Waals surface area contributed by atoms with Crippen LogP contribution in [0.3, 0.4) is 0 Å². The fraction of sp³-hybridized carbons (Fsp3) is 0.941. The first-order valence-electron chi connectivity index (χ1n) is 8.72. The van der Waals surface area contributed by atoms with Crippen molar-refractivity contribution in [1.82, 2.24) is 10.6 Å². The normalized spacial score (nSPS) is 50.1. The molecule has 3 nitrogen and oxygen atoms in total. The molecule has 0 aromatic carbocycles. The van der Waals surface area contributed by atoms with Crippen molar-refractivity contribution >= 4 is 5.91 Å². The van der Waals surface area contributed by atoms with Crippen LogP contribution >= 0.6 is 0 Å². The maximum Gasteiger partial charge on any atom is 0.223 e. The average molecular weight is 276 g/mol. The number of nitrogens with one attached hydrogen (secondary N) is 2. The quantitative estimate of drug-likeness (QED) is 0.812. The number of hydrogen-bond donors (Lipinski definition) is 2. The number of carbonyl (C=O) groups excluding carboxylic acids is 1. The zero-order chi connectivity index (χ0) is 13.7. The van der Waals surface area contributed by atoms with Gasteiger partial charge in [0.1, 0.15) is 0 Å². The van der Waals surface area contributed by atoms with E-state index in [1.165, 1.54) is 32.1 Å². The lowest BCUT2D eigenvalue weighted by atomic mass is 9.54. The molecule has 112 valence electrons. The van der Waals surface area contributed by atoms with Gasteiger partial charge in [-0.15, -0.1) is 0 Å². The van der Waals surface area contributed by atoms with Crippen molar-refractivity contribution in [2.24, 2.45) is 29.6 Å². The van der Waals surface area contributed by atoms with Gasteiger partial charge in [-0.05, 0) is 82.1 Å². The molecule has 1 aliphatic heterocycles. The predicted molar refractivity (Wildman–Crippen MR) is 79.2 cm³/mol. The van der Waals surface area contributed by atoms with E-state index in [1.54, 1.807) is 0 Å². The van der Waals surface area contributed by atoms with Gasteiger partial charge in [-0.2, -0.15) is 0 Å². The minimum absolute atomic E-state index is 0.253. The summed E-state index contributed by atoms with van der Waals surface area (Å²) in [6.07, 6.45) is 9.07. The third-order valence-electron chi connectivity index (χ3n) is 6.53. The maximum absolute atomic E-state index is 12.6. The molecule has 20 heavy (non-hydrogen) atoms. The van der Waals surface area contributed by atoms with Crippen LogP contribution in [-0.2, 0) is 4.79 Å². The average Bonchev–Trinajstić information content (AvgIpc) is 2.42. The Morgan fingerprint density at radius 1 is 1.00 bits per heavy atom. The summed E-state index contributed by atoms with van der Waals surface area (Å²) in [5, 5.41) is 6.93. The molecule has 0 radical (unpaired) electrons. The van der Waals surface area contributed by atoms with Gasteiger partial charge in [0.25, 0.3) is 0 Å². The van der Waals surface area contributed by atoms with Gasteiger partial charge in [0.15, 0.2) is 0 Å². The summed E-state index contributed by atoms with van der Waals surface area (Å²) in [7, 11) is 0. The van der Waals surface area contributed by atoms with Crippen molar-refractivity contribution in [3.05, 3.63) is 0 Å². The Kier molecular flexibility index (Phi) is 3.29. The summed E-state index contributed by atoms with van der Waals surface area (Å²) in [6, 6.07) is 1.01. The molecule has 1 heterocycles. The third kappa shape index (κ3) is 2.28. The van der Waals surface area contributed by atoms with E-state index in [2.05, 4.69) is 17.6 Å². The van der Waals surface area contributed by atoms with E-state index in [-0.39, 0.29) is 5.92 Å². The molecule has 2 unspecified atom stereocenters. The van der Waals surface area contributed by atoms with Crippen LogP contribution < -0.4 is 10.6 Å². The highest BCUT2D eigenvalue weighted by atomic mass is 16.2. The number of rotatable bonds is 2. The molecular weight excluding hydrogens is 248 g/mol. The number of carbonyl (C=O) groups is 1. The lowest BCUT2D eigenvalue weighted by Crippen LogP contribution is -2.57. The molecule has 0 aromatic heterocycles. The highest BCUT2D eigenvalue weighted by molar-refractivity contribution is 5.79. The second-order valence-corrected chi connectivity index (χ2v) is 8.04. The zero-order valence-corrected chi connectivity index (χ0v) is 12.6. The topological polar surface area (TPSA) is 41.1 Å². The Labute approximate surface area is 122 Å². The van der Waals surface area contributed by atoms with Gasteiger partial charge in [0.2, 0.25) is 5.91 Å². The number of piperidine rings is 1. The van der Waals surface area contributed by atoms with Crippen LogP contribution in [0.4, 0.5) is 0 Å². The standard InChI is InChI=1S/C17H28N2O/c1-10-4-13(2-3-18-10)17(20)19-16-14-6-11-5-12(8-14)9-15(16)7-11/h10-16,18H,2-9H2,1H3,(H,19,20). The summed E-state index contributed by atoms with van der Waals surface area (Å²) in [6.45, 7) is 3.20. The van der Waals surface area contributed by atoms with Crippen molar-refractivity contribution in [3.8, 4) is 0 Å². The molecule has 0 aromatic rings. The van der Waals surface area contributed by atoms with E-state index in [0.29, 0.717) is 18.0 Å². The van der Waals surface area contributed by atoms with Crippen molar-refractivity contribution in [2.45, 2.75) is 64.0 Å². The largest absolute Gasteiger partial charge is 0.353 e. The molecule has 3 heteroatoms. The first-order chi connectivity index (χ1) is 9.69. The number of hydrogen-bond acceptors (Lipinski definition) is 2. The Hall–Kier alpha value is -0.570. The van der Waals surface area contributed by atoms with E-state index < -0.39 is 0 Å². The zero-order valence-electron chi connectivity index (χ0n) is 12.6. The first kappa shape index (κ1) is 13.1. The Morgan fingerprint density at radius 2 is 1.65 bits per heavy atom. The van der Waals surface area contributed by atoms with Crippen LogP contribution in [0.15, 0.2) is 0 Å². The molecular formula is C17H28N2O. The van der Waals surface area contributed by atoms with Crippen LogP contribution in [-0.4, -0.2) is 24.5 Å². The van der Waals surface area contributed by atoms with Gasteiger partial charge in [-0.3, -0.25) is 4.79 Å². The summed E-state index contributed by atoms with van der Waals surface area (Å²) in [5.74, 6) is 4.19. The van der Waals surface area contributed by atoms with Gasteiger partial charge in [0.05, 0.1) is 0 Å². The smallest absolute Gasteiger partial charge is 0.223 e. The monoisotopic (exact) mass is 276 g/mol. The first-order valence-corrected chi connectivity index (χ1v) is 8.72. The molecule has 5 rings (SSSR count). The van der Waals surface area contributed by atoms with Crippen molar-refractivity contribution in [1.29, 1.82) is 0 Å². The Balaban J connectivity index is 1.40. The number of amides is 1. The third-order valence-corrected chi connectivity index (χ3v) is 6.53. The predicted octanol–water partition coefficient (Wildman–Crippen LogP) is 2.32. The van der Waals surface area contributed by atoms with Gasteiger partial charge >= 0.3 is 0 Å². The Bertz CT molecular complexity index is 366. The molecule has 1 saturated heterocycles. The van der Waals surface area contributed by atoms with Crippen molar-refractivity contribution in [3.63, 3.8) is 0 Å². The highest BCUT2D eigenvalue weighted by Crippen LogP contribution is 2.53. The van der Waals surface area contributed by atoms with Gasteiger partial charge in [0, 0.05) is 18.0 Å². The minimum atomic E-state index is 0.253.